The average molecular weight is 424 g/mol. The zero-order valence-electron chi connectivity index (χ0n) is 18.6. The van der Waals surface area contributed by atoms with Gasteiger partial charge in [0.25, 0.3) is 0 Å². The van der Waals surface area contributed by atoms with Crippen LogP contribution in [-0.4, -0.2) is 35.6 Å². The first-order valence-electron chi connectivity index (χ1n) is 10.1. The maximum absolute atomic E-state index is 13.1. The second-order valence-corrected chi connectivity index (χ2v) is 7.91. The molecule has 0 bridgehead atoms. The number of ether oxygens (including phenoxy) is 2. The van der Waals surface area contributed by atoms with E-state index in [0.717, 1.165) is 11.1 Å². The van der Waals surface area contributed by atoms with Crippen LogP contribution in [0.15, 0.2) is 42.5 Å². The Morgan fingerprint density at radius 3 is 2.16 bits per heavy atom. The summed E-state index contributed by atoms with van der Waals surface area (Å²) < 4.78 is 11.4. The van der Waals surface area contributed by atoms with Crippen LogP contribution >= 0.6 is 0 Å². The molecule has 164 valence electrons. The number of carbonyl (C=O) groups is 2. The number of benzene rings is 2. The van der Waals surface area contributed by atoms with Crippen LogP contribution in [0.5, 0.6) is 11.5 Å². The highest BCUT2D eigenvalue weighted by Gasteiger charge is 2.36. The summed E-state index contributed by atoms with van der Waals surface area (Å²) >= 11 is 0. The van der Waals surface area contributed by atoms with Crippen LogP contribution in [0.2, 0.25) is 0 Å². The summed E-state index contributed by atoms with van der Waals surface area (Å²) in [5.41, 5.74) is 8.22. The molecule has 7 nitrogen and oxygen atoms in total. The fraction of sp³-hybridized carbons (Fsp3) is 0.375. The number of nitriles is 1. The van der Waals surface area contributed by atoms with Gasteiger partial charge in [-0.2, -0.15) is 5.26 Å². The first kappa shape index (κ1) is 23.7. The highest BCUT2D eigenvalue weighted by molar-refractivity contribution is 5.85. The summed E-state index contributed by atoms with van der Waals surface area (Å²) in [5.74, 6) is 0.109. The molecule has 31 heavy (non-hydrogen) atoms. The molecule has 0 aromatic heterocycles. The molecule has 0 aliphatic rings. The number of hydrogen-bond donors (Lipinski definition) is 1. The number of aryl methyl sites for hydroxylation is 2. The highest BCUT2D eigenvalue weighted by atomic mass is 16.6. The second-order valence-electron chi connectivity index (χ2n) is 7.91. The molecule has 0 spiro atoms. The zero-order chi connectivity index (χ0) is 23.1. The Bertz CT molecular complexity index is 964. The molecule has 0 saturated heterocycles. The Morgan fingerprint density at radius 2 is 1.65 bits per heavy atom. The van der Waals surface area contributed by atoms with Gasteiger partial charge in [0.15, 0.2) is 0 Å². The number of carbonyl (C=O) groups excluding carboxylic acids is 2. The van der Waals surface area contributed by atoms with Crippen molar-refractivity contribution in [3.8, 4) is 17.6 Å². The number of primary amides is 1. The number of nitrogens with zero attached hydrogens (tertiary/aromatic N) is 2. The van der Waals surface area contributed by atoms with Crippen molar-refractivity contribution in [3.63, 3.8) is 0 Å². The van der Waals surface area contributed by atoms with Crippen molar-refractivity contribution in [3.05, 3.63) is 59.2 Å². The van der Waals surface area contributed by atoms with E-state index in [-0.39, 0.29) is 12.5 Å². The molecule has 2 atom stereocenters. The quantitative estimate of drug-likeness (QED) is 0.692. The van der Waals surface area contributed by atoms with E-state index in [9.17, 15) is 9.59 Å². The van der Waals surface area contributed by atoms with Crippen molar-refractivity contribution in [1.29, 1.82) is 5.26 Å². The molecule has 0 fully saturated rings. The van der Waals surface area contributed by atoms with Gasteiger partial charge >= 0.3 is 6.09 Å². The van der Waals surface area contributed by atoms with Gasteiger partial charge in [-0.05, 0) is 74.2 Å². The third kappa shape index (κ3) is 6.22. The number of rotatable bonds is 8. The first-order chi connectivity index (χ1) is 14.6. The molecule has 0 heterocycles. The lowest BCUT2D eigenvalue weighted by molar-refractivity contribution is -0.125. The zero-order valence-corrected chi connectivity index (χ0v) is 18.6. The van der Waals surface area contributed by atoms with Crippen LogP contribution in [0.1, 0.15) is 37.5 Å². The summed E-state index contributed by atoms with van der Waals surface area (Å²) in [4.78, 5) is 26.6. The van der Waals surface area contributed by atoms with Crippen LogP contribution in [0.3, 0.4) is 0 Å². The van der Waals surface area contributed by atoms with Crippen LogP contribution in [0.4, 0.5) is 4.79 Å². The third-order valence-corrected chi connectivity index (χ3v) is 5.07. The van der Waals surface area contributed by atoms with Crippen LogP contribution in [0.25, 0.3) is 0 Å². The van der Waals surface area contributed by atoms with Crippen molar-refractivity contribution in [2.24, 2.45) is 11.7 Å². The summed E-state index contributed by atoms with van der Waals surface area (Å²) in [7, 11) is 0. The van der Waals surface area contributed by atoms with Crippen LogP contribution < -0.4 is 15.2 Å². The van der Waals surface area contributed by atoms with Gasteiger partial charge in [-0.1, -0.05) is 19.9 Å². The summed E-state index contributed by atoms with van der Waals surface area (Å²) in [6.07, 6.45) is -0.670. The Balaban J connectivity index is 2.23. The topological polar surface area (TPSA) is 106 Å². The van der Waals surface area contributed by atoms with E-state index in [1.54, 1.807) is 43.3 Å². The third-order valence-electron chi connectivity index (χ3n) is 5.07. The van der Waals surface area contributed by atoms with Crippen molar-refractivity contribution in [2.45, 2.75) is 46.7 Å². The fourth-order valence-electron chi connectivity index (χ4n) is 3.21. The van der Waals surface area contributed by atoms with E-state index in [1.807, 2.05) is 39.8 Å². The minimum Gasteiger partial charge on any atom is -0.491 e. The lowest BCUT2D eigenvalue weighted by atomic mass is 10.0. The van der Waals surface area contributed by atoms with E-state index in [4.69, 9.17) is 20.5 Å². The summed E-state index contributed by atoms with van der Waals surface area (Å²) in [5, 5.41) is 8.91. The highest BCUT2D eigenvalue weighted by Crippen LogP contribution is 2.22. The maximum atomic E-state index is 13.1. The smallest absolute Gasteiger partial charge is 0.416 e. The molecule has 0 radical (unpaired) electrons. The molecule has 0 aliphatic carbocycles. The summed E-state index contributed by atoms with van der Waals surface area (Å²) in [6.45, 7) is 9.42. The average Bonchev–Trinajstić information content (AvgIpc) is 2.72. The van der Waals surface area contributed by atoms with Gasteiger partial charge in [0, 0.05) is 0 Å². The lowest BCUT2D eigenvalue weighted by Gasteiger charge is -2.35. The Morgan fingerprint density at radius 1 is 1.03 bits per heavy atom. The predicted molar refractivity (Wildman–Crippen MR) is 118 cm³/mol. The fourth-order valence-corrected chi connectivity index (χ4v) is 3.21. The van der Waals surface area contributed by atoms with Crippen molar-refractivity contribution >= 4 is 12.0 Å². The van der Waals surface area contributed by atoms with Crippen molar-refractivity contribution in [1.82, 2.24) is 4.90 Å². The van der Waals surface area contributed by atoms with Crippen LogP contribution in [0, 0.1) is 31.1 Å². The van der Waals surface area contributed by atoms with Crippen molar-refractivity contribution in [2.75, 3.05) is 6.61 Å². The van der Waals surface area contributed by atoms with Gasteiger partial charge in [0.1, 0.15) is 24.1 Å². The maximum Gasteiger partial charge on any atom is 0.416 e. The van der Waals surface area contributed by atoms with Gasteiger partial charge in [-0.3, -0.25) is 9.69 Å². The van der Waals surface area contributed by atoms with Gasteiger partial charge < -0.3 is 15.2 Å². The Labute approximate surface area is 183 Å². The standard InChI is InChI=1S/C24H29N3O4/c1-15(2)22(23(26)28)27(24(29)31-21-9-6-16(3)17(4)12-21)18(5)14-30-20-10-7-19(13-25)8-11-20/h6-12,15,18,22H,14H2,1-5H3,(H2,26,28)/t18?,22-/m0/s1. The van der Waals surface area contributed by atoms with Crippen molar-refractivity contribution < 1.29 is 19.1 Å². The minimum atomic E-state index is -0.862. The molecular weight excluding hydrogens is 394 g/mol. The molecule has 2 aromatic carbocycles. The van der Waals surface area contributed by atoms with E-state index >= 15 is 0 Å². The van der Waals surface area contributed by atoms with E-state index in [2.05, 4.69) is 0 Å². The predicted octanol–water partition coefficient (Wildman–Crippen LogP) is 3.95. The SMILES string of the molecule is Cc1ccc(OC(=O)N(C(C)COc2ccc(C#N)cc2)[C@H](C(N)=O)C(C)C)cc1C. The minimum absolute atomic E-state index is 0.116. The van der Waals surface area contributed by atoms with Gasteiger partial charge in [-0.25, -0.2) is 4.79 Å². The molecule has 2 rings (SSSR count). The number of hydrogen-bond acceptors (Lipinski definition) is 5. The molecule has 2 aromatic rings. The molecule has 2 N–H and O–H groups in total. The first-order valence-corrected chi connectivity index (χ1v) is 10.1. The Hall–Kier alpha value is -3.53. The molecular formula is C24H29N3O4. The Kier molecular flexibility index (Phi) is 8.03. The molecule has 7 heteroatoms. The van der Waals surface area contributed by atoms with E-state index < -0.39 is 24.1 Å². The van der Waals surface area contributed by atoms with Gasteiger partial charge in [0.2, 0.25) is 5.91 Å². The van der Waals surface area contributed by atoms with E-state index in [0.29, 0.717) is 17.1 Å². The lowest BCUT2D eigenvalue weighted by Crippen LogP contribution is -2.56. The normalized spacial score (nSPS) is 12.5. The molecule has 0 aliphatic heterocycles. The molecule has 2 amide bonds. The molecule has 1 unspecified atom stereocenters. The largest absolute Gasteiger partial charge is 0.491 e. The summed E-state index contributed by atoms with van der Waals surface area (Å²) in [6, 6.07) is 12.7. The number of nitrogens with two attached hydrogens (primary N) is 1. The van der Waals surface area contributed by atoms with Gasteiger partial charge in [-0.15, -0.1) is 0 Å². The number of amides is 2. The van der Waals surface area contributed by atoms with E-state index in [1.165, 1.54) is 4.90 Å². The van der Waals surface area contributed by atoms with Crippen LogP contribution in [-0.2, 0) is 4.79 Å². The molecule has 0 saturated carbocycles. The monoisotopic (exact) mass is 423 g/mol. The second kappa shape index (κ2) is 10.5. The van der Waals surface area contributed by atoms with Gasteiger partial charge in [0.05, 0.1) is 17.7 Å².